The van der Waals surface area contributed by atoms with Gasteiger partial charge in [0.05, 0.1) is 13.3 Å². The molecule has 1 heterocycles. The smallest absolute Gasteiger partial charge is 0.0988 e. The highest BCUT2D eigenvalue weighted by atomic mass is 19.1. The van der Waals surface area contributed by atoms with Crippen molar-refractivity contribution in [2.45, 2.75) is 6.42 Å². The number of hydrogen-bond donors (Lipinski definition) is 1. The molecule has 1 aliphatic heterocycles. The number of nitrogens with one attached hydrogen (secondary N) is 1. The summed E-state index contributed by atoms with van der Waals surface area (Å²) in [6.45, 7) is 0.195. The Balaban J connectivity index is 2.45. The van der Waals surface area contributed by atoms with Crippen molar-refractivity contribution in [3.8, 4) is 0 Å². The van der Waals surface area contributed by atoms with Crippen LogP contribution >= 0.6 is 0 Å². The van der Waals surface area contributed by atoms with E-state index in [0.717, 1.165) is 6.54 Å². The molecule has 0 bridgehead atoms. The fourth-order valence-corrected chi connectivity index (χ4v) is 1.06. The number of alkyl halides is 2. The molecule has 0 aromatic rings. The van der Waals surface area contributed by atoms with Gasteiger partial charge in [-0.05, 0) is 13.0 Å². The molecule has 0 saturated carbocycles. The van der Waals surface area contributed by atoms with Gasteiger partial charge >= 0.3 is 0 Å². The summed E-state index contributed by atoms with van der Waals surface area (Å²) in [4.78, 5) is 0. The fourth-order valence-electron chi connectivity index (χ4n) is 1.06. The summed E-state index contributed by atoms with van der Waals surface area (Å²) in [6.07, 6.45) is 0.639. The minimum Gasteiger partial charge on any atom is -0.316 e. The van der Waals surface area contributed by atoms with E-state index in [4.69, 9.17) is 0 Å². The number of hydrogen-bond acceptors (Lipinski definition) is 1. The van der Waals surface area contributed by atoms with Gasteiger partial charge in [0.25, 0.3) is 0 Å². The van der Waals surface area contributed by atoms with Crippen molar-refractivity contribution in [1.29, 1.82) is 0 Å². The quantitative estimate of drug-likeness (QED) is 0.593. The van der Waals surface area contributed by atoms with Crippen LogP contribution < -0.4 is 5.32 Å². The van der Waals surface area contributed by atoms with E-state index >= 15 is 0 Å². The minimum atomic E-state index is -0.667. The van der Waals surface area contributed by atoms with Gasteiger partial charge in [0.15, 0.2) is 0 Å². The number of rotatable bonds is 2. The van der Waals surface area contributed by atoms with E-state index in [1.165, 1.54) is 0 Å². The second kappa shape index (κ2) is 2.60. The van der Waals surface area contributed by atoms with Crippen molar-refractivity contribution in [3.05, 3.63) is 0 Å². The SMILES string of the molecule is FCC1(CF)CCNC1. The maximum atomic E-state index is 12.1. The lowest BCUT2D eigenvalue weighted by atomic mass is 9.91. The lowest BCUT2D eigenvalue weighted by molar-refractivity contribution is 0.175. The highest BCUT2D eigenvalue weighted by Crippen LogP contribution is 2.25. The molecular formula is C6H11F2N. The Kier molecular flexibility index (Phi) is 2.01. The van der Waals surface area contributed by atoms with Crippen LogP contribution in [0.5, 0.6) is 0 Å². The summed E-state index contributed by atoms with van der Waals surface area (Å²) >= 11 is 0. The van der Waals surface area contributed by atoms with Crippen LogP contribution in [0.4, 0.5) is 8.78 Å². The van der Waals surface area contributed by atoms with Crippen LogP contribution in [-0.4, -0.2) is 26.4 Å². The van der Waals surface area contributed by atoms with Crippen LogP contribution in [0.15, 0.2) is 0 Å². The van der Waals surface area contributed by atoms with Crippen molar-refractivity contribution >= 4 is 0 Å². The summed E-state index contributed by atoms with van der Waals surface area (Å²) in [5.41, 5.74) is -0.667. The predicted molar refractivity (Wildman–Crippen MR) is 31.9 cm³/mol. The van der Waals surface area contributed by atoms with Gasteiger partial charge in [0.1, 0.15) is 0 Å². The molecule has 1 nitrogen and oxygen atoms in total. The van der Waals surface area contributed by atoms with E-state index < -0.39 is 18.8 Å². The lowest BCUT2D eigenvalue weighted by Crippen LogP contribution is -2.28. The van der Waals surface area contributed by atoms with E-state index in [2.05, 4.69) is 5.32 Å². The molecule has 9 heavy (non-hydrogen) atoms. The first kappa shape index (κ1) is 6.93. The number of halogens is 2. The topological polar surface area (TPSA) is 12.0 Å². The van der Waals surface area contributed by atoms with Crippen LogP contribution in [0, 0.1) is 5.41 Å². The van der Waals surface area contributed by atoms with Crippen molar-refractivity contribution in [2.24, 2.45) is 5.41 Å². The first-order chi connectivity index (χ1) is 4.33. The Morgan fingerprint density at radius 1 is 1.33 bits per heavy atom. The van der Waals surface area contributed by atoms with Crippen molar-refractivity contribution < 1.29 is 8.78 Å². The molecule has 0 unspecified atom stereocenters. The Morgan fingerprint density at radius 2 is 2.00 bits per heavy atom. The Labute approximate surface area is 53.4 Å². The second-order valence-electron chi connectivity index (χ2n) is 2.69. The summed E-state index contributed by atoms with van der Waals surface area (Å²) in [5, 5.41) is 2.94. The predicted octanol–water partition coefficient (Wildman–Crippen LogP) is 0.905. The van der Waals surface area contributed by atoms with Crippen LogP contribution in [0.1, 0.15) is 6.42 Å². The molecule has 0 amide bonds. The molecule has 1 saturated heterocycles. The van der Waals surface area contributed by atoms with Gasteiger partial charge in [0.2, 0.25) is 0 Å². The molecule has 54 valence electrons. The maximum absolute atomic E-state index is 12.1. The standard InChI is InChI=1S/C6H11F2N/c7-3-6(4-8)1-2-9-5-6/h9H,1-5H2. The van der Waals surface area contributed by atoms with E-state index in [1.807, 2.05) is 0 Å². The molecule has 0 atom stereocenters. The molecule has 1 rings (SSSR count). The molecule has 3 heteroatoms. The van der Waals surface area contributed by atoms with Gasteiger partial charge < -0.3 is 5.32 Å². The molecule has 0 radical (unpaired) electrons. The van der Waals surface area contributed by atoms with E-state index in [0.29, 0.717) is 13.0 Å². The maximum Gasteiger partial charge on any atom is 0.0988 e. The Bertz CT molecular complexity index is 83.1. The van der Waals surface area contributed by atoms with Gasteiger partial charge in [0, 0.05) is 12.0 Å². The Hall–Kier alpha value is -0.180. The molecule has 0 spiro atoms. The van der Waals surface area contributed by atoms with Gasteiger partial charge in [-0.3, -0.25) is 8.78 Å². The van der Waals surface area contributed by atoms with Gasteiger partial charge in [-0.1, -0.05) is 0 Å². The van der Waals surface area contributed by atoms with Crippen molar-refractivity contribution in [3.63, 3.8) is 0 Å². The lowest BCUT2D eigenvalue weighted by Gasteiger charge is -2.18. The second-order valence-corrected chi connectivity index (χ2v) is 2.69. The Morgan fingerprint density at radius 3 is 2.22 bits per heavy atom. The highest BCUT2D eigenvalue weighted by Gasteiger charge is 2.33. The molecule has 1 fully saturated rings. The van der Waals surface area contributed by atoms with Gasteiger partial charge in [-0.2, -0.15) is 0 Å². The van der Waals surface area contributed by atoms with Crippen LogP contribution in [0.25, 0.3) is 0 Å². The largest absolute Gasteiger partial charge is 0.316 e. The van der Waals surface area contributed by atoms with Crippen LogP contribution in [-0.2, 0) is 0 Å². The summed E-state index contributed by atoms with van der Waals surface area (Å²) < 4.78 is 24.1. The first-order valence-electron chi connectivity index (χ1n) is 3.16. The molecule has 0 aliphatic carbocycles. The molecule has 0 aromatic heterocycles. The van der Waals surface area contributed by atoms with Crippen LogP contribution in [0.3, 0.4) is 0 Å². The minimum absolute atomic E-state index is 0.500. The molecule has 0 aromatic carbocycles. The van der Waals surface area contributed by atoms with Crippen molar-refractivity contribution in [2.75, 3.05) is 26.4 Å². The third-order valence-corrected chi connectivity index (χ3v) is 1.90. The monoisotopic (exact) mass is 135 g/mol. The summed E-state index contributed by atoms with van der Waals surface area (Å²) in [5.74, 6) is 0. The van der Waals surface area contributed by atoms with E-state index in [-0.39, 0.29) is 0 Å². The average Bonchev–Trinajstić information content (AvgIpc) is 2.36. The summed E-state index contributed by atoms with van der Waals surface area (Å²) in [7, 11) is 0. The molecule has 1 aliphatic rings. The zero-order chi connectivity index (χ0) is 6.74. The van der Waals surface area contributed by atoms with E-state index in [1.54, 1.807) is 0 Å². The van der Waals surface area contributed by atoms with Crippen LogP contribution in [0.2, 0.25) is 0 Å². The van der Waals surface area contributed by atoms with E-state index in [9.17, 15) is 8.78 Å². The fraction of sp³-hybridized carbons (Fsp3) is 1.00. The molecular weight excluding hydrogens is 124 g/mol. The van der Waals surface area contributed by atoms with Gasteiger partial charge in [-0.25, -0.2) is 0 Å². The highest BCUT2D eigenvalue weighted by molar-refractivity contribution is 4.86. The molecule has 1 N–H and O–H groups in total. The zero-order valence-corrected chi connectivity index (χ0v) is 5.29. The average molecular weight is 135 g/mol. The van der Waals surface area contributed by atoms with Gasteiger partial charge in [-0.15, -0.1) is 0 Å². The first-order valence-corrected chi connectivity index (χ1v) is 3.16. The zero-order valence-electron chi connectivity index (χ0n) is 5.29. The normalized spacial score (nSPS) is 24.7. The third-order valence-electron chi connectivity index (χ3n) is 1.90. The van der Waals surface area contributed by atoms with Crippen molar-refractivity contribution in [1.82, 2.24) is 5.32 Å². The summed E-state index contributed by atoms with van der Waals surface area (Å²) in [6, 6.07) is 0. The third kappa shape index (κ3) is 1.21.